The van der Waals surface area contributed by atoms with Gasteiger partial charge in [0.2, 0.25) is 0 Å². The summed E-state index contributed by atoms with van der Waals surface area (Å²) in [6, 6.07) is 11.9. The van der Waals surface area contributed by atoms with Crippen LogP contribution in [0.5, 0.6) is 0 Å². The van der Waals surface area contributed by atoms with Gasteiger partial charge in [-0.1, -0.05) is 35.4 Å². The van der Waals surface area contributed by atoms with Crippen LogP contribution in [0.1, 0.15) is 17.5 Å². The molecule has 2 aromatic carbocycles. The van der Waals surface area contributed by atoms with Crippen molar-refractivity contribution in [2.75, 3.05) is 4.72 Å². The van der Waals surface area contributed by atoms with Crippen LogP contribution in [0.4, 0.5) is 5.69 Å². The lowest BCUT2D eigenvalue weighted by Crippen LogP contribution is -2.14. The van der Waals surface area contributed by atoms with E-state index in [4.69, 9.17) is 11.6 Å². The Morgan fingerprint density at radius 3 is 2.50 bits per heavy atom. The van der Waals surface area contributed by atoms with E-state index in [9.17, 15) is 8.42 Å². The molecule has 2 aromatic rings. The highest BCUT2D eigenvalue weighted by Crippen LogP contribution is 2.25. The van der Waals surface area contributed by atoms with Gasteiger partial charge in [0.1, 0.15) is 0 Å². The predicted octanol–water partition coefficient (Wildman–Crippen LogP) is 4.57. The van der Waals surface area contributed by atoms with E-state index in [0.717, 1.165) is 17.5 Å². The summed E-state index contributed by atoms with van der Waals surface area (Å²) in [7, 11) is -3.61. The number of sulfonamides is 1. The minimum Gasteiger partial charge on any atom is -0.279 e. The van der Waals surface area contributed by atoms with Crippen molar-refractivity contribution in [2.45, 2.75) is 24.7 Å². The molecule has 0 heterocycles. The first-order valence-electron chi connectivity index (χ1n) is 6.91. The quantitative estimate of drug-likeness (QED) is 0.786. The molecule has 0 aliphatic rings. The smallest absolute Gasteiger partial charge is 0.261 e. The van der Waals surface area contributed by atoms with E-state index in [2.05, 4.69) is 11.3 Å². The van der Waals surface area contributed by atoms with Gasteiger partial charge < -0.3 is 0 Å². The molecule has 0 aliphatic carbocycles. The molecule has 22 heavy (non-hydrogen) atoms. The number of aryl methyl sites for hydroxylation is 2. The molecule has 3 nitrogen and oxygen atoms in total. The van der Waals surface area contributed by atoms with Crippen LogP contribution < -0.4 is 4.72 Å². The lowest BCUT2D eigenvalue weighted by atomic mass is 10.1. The van der Waals surface area contributed by atoms with Crippen molar-refractivity contribution in [2.24, 2.45) is 0 Å². The average molecular weight is 336 g/mol. The van der Waals surface area contributed by atoms with Gasteiger partial charge in [-0.15, -0.1) is 6.58 Å². The molecule has 5 heteroatoms. The molecule has 0 bridgehead atoms. The van der Waals surface area contributed by atoms with Gasteiger partial charge in [-0.05, 0) is 55.7 Å². The first-order valence-corrected chi connectivity index (χ1v) is 8.77. The largest absolute Gasteiger partial charge is 0.279 e. The van der Waals surface area contributed by atoms with Crippen molar-refractivity contribution in [3.8, 4) is 0 Å². The highest BCUT2D eigenvalue weighted by Gasteiger charge is 2.15. The van der Waals surface area contributed by atoms with Crippen molar-refractivity contribution in [3.63, 3.8) is 0 Å². The molecule has 1 N–H and O–H groups in total. The number of hydrogen-bond donors (Lipinski definition) is 1. The lowest BCUT2D eigenvalue weighted by Gasteiger charge is -2.13. The van der Waals surface area contributed by atoms with E-state index in [1.807, 2.05) is 6.92 Å². The fraction of sp³-hybridized carbons (Fsp3) is 0.176. The summed E-state index contributed by atoms with van der Waals surface area (Å²) >= 11 is 6.00. The molecule has 0 aliphatic heterocycles. The molecule has 0 aromatic heterocycles. The number of rotatable bonds is 6. The van der Waals surface area contributed by atoms with Gasteiger partial charge in [-0.25, -0.2) is 8.42 Å². The third-order valence-corrected chi connectivity index (χ3v) is 4.88. The number of hydrogen-bond acceptors (Lipinski definition) is 2. The molecule has 2 rings (SSSR count). The summed E-state index contributed by atoms with van der Waals surface area (Å²) in [5, 5.41) is 0.581. The van der Waals surface area contributed by atoms with E-state index in [1.165, 1.54) is 0 Å². The molecule has 0 atom stereocenters. The molecule has 0 saturated carbocycles. The Bertz CT molecular complexity index is 768. The minimum atomic E-state index is -3.61. The molecule has 0 fully saturated rings. The zero-order valence-electron chi connectivity index (χ0n) is 12.3. The van der Waals surface area contributed by atoms with E-state index >= 15 is 0 Å². The number of benzene rings is 2. The fourth-order valence-corrected chi connectivity index (χ4v) is 3.34. The van der Waals surface area contributed by atoms with Crippen LogP contribution in [0.3, 0.4) is 0 Å². The Balaban J connectivity index is 2.32. The molecule has 0 unspecified atom stereocenters. The second-order valence-electron chi connectivity index (χ2n) is 5.05. The van der Waals surface area contributed by atoms with E-state index in [-0.39, 0.29) is 4.90 Å². The van der Waals surface area contributed by atoms with Gasteiger partial charge in [0.05, 0.1) is 10.6 Å². The van der Waals surface area contributed by atoms with Gasteiger partial charge in [-0.3, -0.25) is 4.72 Å². The Labute approximate surface area is 136 Å². The van der Waals surface area contributed by atoms with Gasteiger partial charge >= 0.3 is 0 Å². The maximum Gasteiger partial charge on any atom is 0.261 e. The number of halogens is 1. The maximum absolute atomic E-state index is 12.5. The van der Waals surface area contributed by atoms with Crippen LogP contribution in [0.25, 0.3) is 0 Å². The van der Waals surface area contributed by atoms with Gasteiger partial charge in [0.15, 0.2) is 0 Å². The number of anilines is 1. The fourth-order valence-electron chi connectivity index (χ4n) is 2.05. The SMILES string of the molecule is C=CCCc1cc(Cl)ccc1NS(=O)(=O)c1ccc(C)cc1. The second-order valence-corrected chi connectivity index (χ2v) is 7.17. The molecule has 0 saturated heterocycles. The van der Waals surface area contributed by atoms with Crippen molar-refractivity contribution in [1.82, 2.24) is 0 Å². The van der Waals surface area contributed by atoms with Gasteiger partial charge in [0, 0.05) is 5.02 Å². The minimum absolute atomic E-state index is 0.239. The van der Waals surface area contributed by atoms with Crippen LogP contribution in [0.2, 0.25) is 5.02 Å². The summed E-state index contributed by atoms with van der Waals surface area (Å²) in [6.45, 7) is 5.60. The third kappa shape index (κ3) is 4.12. The number of allylic oxidation sites excluding steroid dienone is 1. The van der Waals surface area contributed by atoms with Crippen molar-refractivity contribution in [1.29, 1.82) is 0 Å². The summed E-state index contributed by atoms with van der Waals surface area (Å²) in [5.74, 6) is 0. The average Bonchev–Trinajstić information content (AvgIpc) is 2.48. The Hall–Kier alpha value is -1.78. The molecular formula is C17H18ClNO2S. The lowest BCUT2D eigenvalue weighted by molar-refractivity contribution is 0.601. The van der Waals surface area contributed by atoms with Crippen LogP contribution >= 0.6 is 11.6 Å². The Kier molecular flexibility index (Phi) is 5.27. The van der Waals surface area contributed by atoms with Crippen molar-refractivity contribution in [3.05, 3.63) is 71.3 Å². The summed E-state index contributed by atoms with van der Waals surface area (Å²) < 4.78 is 27.6. The van der Waals surface area contributed by atoms with Crippen LogP contribution in [-0.2, 0) is 16.4 Å². The third-order valence-electron chi connectivity index (χ3n) is 3.26. The second kappa shape index (κ2) is 6.99. The Morgan fingerprint density at radius 1 is 1.18 bits per heavy atom. The summed E-state index contributed by atoms with van der Waals surface area (Å²) in [4.78, 5) is 0.239. The molecule has 0 spiro atoms. The predicted molar refractivity (Wildman–Crippen MR) is 92.0 cm³/mol. The molecule has 0 amide bonds. The molecule has 116 valence electrons. The molecule has 0 radical (unpaired) electrons. The zero-order valence-corrected chi connectivity index (χ0v) is 13.9. The van der Waals surface area contributed by atoms with Crippen LogP contribution in [0, 0.1) is 6.92 Å². The van der Waals surface area contributed by atoms with E-state index in [0.29, 0.717) is 17.1 Å². The molecular weight excluding hydrogens is 318 g/mol. The zero-order chi connectivity index (χ0) is 16.2. The normalized spacial score (nSPS) is 11.2. The first kappa shape index (κ1) is 16.6. The number of nitrogens with one attached hydrogen (secondary N) is 1. The van der Waals surface area contributed by atoms with Gasteiger partial charge in [-0.2, -0.15) is 0 Å². The van der Waals surface area contributed by atoms with Crippen molar-refractivity contribution < 1.29 is 8.42 Å². The summed E-state index contributed by atoms with van der Waals surface area (Å²) in [5.41, 5.74) is 2.41. The van der Waals surface area contributed by atoms with Gasteiger partial charge in [0.25, 0.3) is 10.0 Å². The first-order chi connectivity index (χ1) is 10.4. The Morgan fingerprint density at radius 2 is 1.86 bits per heavy atom. The van der Waals surface area contributed by atoms with Crippen LogP contribution in [0.15, 0.2) is 60.0 Å². The van der Waals surface area contributed by atoms with E-state index < -0.39 is 10.0 Å². The van der Waals surface area contributed by atoms with Crippen LogP contribution in [-0.4, -0.2) is 8.42 Å². The standard InChI is InChI=1S/C17H18ClNO2S/c1-3-4-5-14-12-15(18)8-11-17(14)19-22(20,21)16-9-6-13(2)7-10-16/h3,6-12,19H,1,4-5H2,2H3. The monoisotopic (exact) mass is 335 g/mol. The van der Waals surface area contributed by atoms with E-state index in [1.54, 1.807) is 48.5 Å². The highest BCUT2D eigenvalue weighted by atomic mass is 35.5. The van der Waals surface area contributed by atoms with Crippen molar-refractivity contribution >= 4 is 27.3 Å². The topological polar surface area (TPSA) is 46.2 Å². The maximum atomic E-state index is 12.5. The highest BCUT2D eigenvalue weighted by molar-refractivity contribution is 7.92. The summed E-state index contributed by atoms with van der Waals surface area (Å²) in [6.07, 6.45) is 3.22.